The number of nitrogens with zero attached hydrogens (tertiary/aromatic N) is 3. The van der Waals surface area contributed by atoms with E-state index < -0.39 is 0 Å². The van der Waals surface area contributed by atoms with E-state index in [0.717, 1.165) is 26.1 Å². The molecule has 0 bridgehead atoms. The van der Waals surface area contributed by atoms with E-state index in [2.05, 4.69) is 53.2 Å². The Morgan fingerprint density at radius 2 is 2.17 bits per heavy atom. The molecule has 1 aromatic rings. The van der Waals surface area contributed by atoms with Gasteiger partial charge in [-0.05, 0) is 26.0 Å². The molecule has 0 aliphatic carbocycles. The lowest BCUT2D eigenvalue weighted by Gasteiger charge is -2.26. The van der Waals surface area contributed by atoms with E-state index in [0.29, 0.717) is 6.04 Å². The van der Waals surface area contributed by atoms with Crippen LogP contribution < -0.4 is 0 Å². The summed E-state index contributed by atoms with van der Waals surface area (Å²) >= 11 is 0. The Kier molecular flexibility index (Phi) is 4.35. The summed E-state index contributed by atoms with van der Waals surface area (Å²) in [5.41, 5.74) is 1.37. The maximum absolute atomic E-state index is 8.96. The summed E-state index contributed by atoms with van der Waals surface area (Å²) in [7, 11) is 2.06. The topological polar surface area (TPSA) is 30.3 Å². The molecule has 96 valence electrons. The third kappa shape index (κ3) is 3.10. The molecule has 0 spiro atoms. The van der Waals surface area contributed by atoms with E-state index in [1.54, 1.807) is 0 Å². The predicted octanol–water partition coefficient (Wildman–Crippen LogP) is 2.10. The van der Waals surface area contributed by atoms with E-state index in [-0.39, 0.29) is 6.04 Å². The van der Waals surface area contributed by atoms with Crippen molar-refractivity contribution >= 4 is 0 Å². The minimum atomic E-state index is 0.00618. The van der Waals surface area contributed by atoms with Crippen LogP contribution in [0, 0.1) is 11.3 Å². The van der Waals surface area contributed by atoms with Crippen LogP contribution in [0.1, 0.15) is 18.9 Å². The summed E-state index contributed by atoms with van der Waals surface area (Å²) < 4.78 is 0. The molecule has 18 heavy (non-hydrogen) atoms. The molecule has 2 unspecified atom stereocenters. The Morgan fingerprint density at radius 1 is 1.44 bits per heavy atom. The predicted molar refractivity (Wildman–Crippen MR) is 73.0 cm³/mol. The van der Waals surface area contributed by atoms with Crippen molar-refractivity contribution in [1.82, 2.24) is 9.80 Å². The summed E-state index contributed by atoms with van der Waals surface area (Å²) in [6.07, 6.45) is 1.16. The molecule has 1 heterocycles. The molecule has 3 heteroatoms. The zero-order valence-corrected chi connectivity index (χ0v) is 11.2. The Labute approximate surface area is 110 Å². The zero-order chi connectivity index (χ0) is 13.0. The van der Waals surface area contributed by atoms with Crippen LogP contribution in [0.15, 0.2) is 30.3 Å². The molecule has 2 rings (SSSR count). The molecular formula is C15H21N3. The zero-order valence-electron chi connectivity index (χ0n) is 11.2. The second-order valence-corrected chi connectivity index (χ2v) is 5.13. The minimum absolute atomic E-state index is 0.00618. The molecule has 0 radical (unpaired) electrons. The second-order valence-electron chi connectivity index (χ2n) is 5.13. The van der Waals surface area contributed by atoms with Gasteiger partial charge in [-0.15, -0.1) is 0 Å². The van der Waals surface area contributed by atoms with E-state index in [1.807, 2.05) is 6.92 Å². The van der Waals surface area contributed by atoms with Gasteiger partial charge in [0.05, 0.1) is 12.1 Å². The molecule has 0 saturated carbocycles. The third-order valence-electron chi connectivity index (χ3n) is 3.87. The number of likely N-dealkylation sites (tertiary alicyclic amines) is 1. The lowest BCUT2D eigenvalue weighted by atomic mass is 10.2. The Morgan fingerprint density at radius 3 is 2.83 bits per heavy atom. The van der Waals surface area contributed by atoms with Gasteiger partial charge in [0.1, 0.15) is 0 Å². The van der Waals surface area contributed by atoms with Crippen molar-refractivity contribution in [2.75, 3.05) is 20.1 Å². The molecule has 1 fully saturated rings. The fraction of sp³-hybridized carbons (Fsp3) is 0.533. The van der Waals surface area contributed by atoms with Crippen LogP contribution in [0.3, 0.4) is 0 Å². The lowest BCUT2D eigenvalue weighted by Crippen LogP contribution is -2.39. The Bertz CT molecular complexity index is 409. The number of benzene rings is 1. The normalized spacial score (nSPS) is 22.0. The smallest absolute Gasteiger partial charge is 0.0949 e. The number of nitriles is 1. The van der Waals surface area contributed by atoms with Crippen molar-refractivity contribution in [3.63, 3.8) is 0 Å². The number of hydrogen-bond donors (Lipinski definition) is 0. The van der Waals surface area contributed by atoms with Gasteiger partial charge in [-0.2, -0.15) is 5.26 Å². The van der Waals surface area contributed by atoms with E-state index in [9.17, 15) is 0 Å². The van der Waals surface area contributed by atoms with Gasteiger partial charge in [-0.1, -0.05) is 30.3 Å². The van der Waals surface area contributed by atoms with Gasteiger partial charge < -0.3 is 0 Å². The van der Waals surface area contributed by atoms with Crippen LogP contribution in [0.4, 0.5) is 0 Å². The van der Waals surface area contributed by atoms with Crippen LogP contribution in [0.2, 0.25) is 0 Å². The van der Waals surface area contributed by atoms with E-state index in [4.69, 9.17) is 5.26 Å². The van der Waals surface area contributed by atoms with Crippen LogP contribution in [-0.2, 0) is 6.54 Å². The van der Waals surface area contributed by atoms with Crippen molar-refractivity contribution in [3.8, 4) is 6.07 Å². The summed E-state index contributed by atoms with van der Waals surface area (Å²) in [6.45, 7) is 5.19. The summed E-state index contributed by atoms with van der Waals surface area (Å²) in [5.74, 6) is 0. The lowest BCUT2D eigenvalue weighted by molar-refractivity contribution is 0.209. The summed E-state index contributed by atoms with van der Waals surface area (Å²) in [6, 6.07) is 13.4. The molecule has 1 aliphatic heterocycles. The highest BCUT2D eigenvalue weighted by molar-refractivity contribution is 5.14. The number of hydrogen-bond acceptors (Lipinski definition) is 3. The maximum Gasteiger partial charge on any atom is 0.0949 e. The first-order valence-corrected chi connectivity index (χ1v) is 6.58. The Hall–Kier alpha value is -1.37. The van der Waals surface area contributed by atoms with Gasteiger partial charge in [0.2, 0.25) is 0 Å². The van der Waals surface area contributed by atoms with Crippen LogP contribution in [0.5, 0.6) is 0 Å². The van der Waals surface area contributed by atoms with Crippen molar-refractivity contribution < 1.29 is 0 Å². The molecule has 0 N–H and O–H groups in total. The molecule has 0 aromatic heterocycles. The van der Waals surface area contributed by atoms with Crippen LogP contribution >= 0.6 is 0 Å². The molecule has 1 aromatic carbocycles. The monoisotopic (exact) mass is 243 g/mol. The van der Waals surface area contributed by atoms with Crippen molar-refractivity contribution in [1.29, 1.82) is 5.26 Å². The first kappa shape index (κ1) is 13.1. The van der Waals surface area contributed by atoms with Gasteiger partial charge >= 0.3 is 0 Å². The summed E-state index contributed by atoms with van der Waals surface area (Å²) in [5, 5.41) is 8.96. The average molecular weight is 243 g/mol. The largest absolute Gasteiger partial charge is 0.297 e. The second kappa shape index (κ2) is 5.99. The van der Waals surface area contributed by atoms with E-state index in [1.165, 1.54) is 5.56 Å². The van der Waals surface area contributed by atoms with Gasteiger partial charge in [0.25, 0.3) is 0 Å². The quantitative estimate of drug-likeness (QED) is 0.811. The van der Waals surface area contributed by atoms with Gasteiger partial charge in [-0.25, -0.2) is 0 Å². The molecule has 3 nitrogen and oxygen atoms in total. The highest BCUT2D eigenvalue weighted by atomic mass is 15.2. The van der Waals surface area contributed by atoms with Crippen molar-refractivity contribution in [3.05, 3.63) is 35.9 Å². The van der Waals surface area contributed by atoms with Gasteiger partial charge in [0.15, 0.2) is 0 Å². The van der Waals surface area contributed by atoms with Gasteiger partial charge in [0, 0.05) is 25.7 Å². The maximum atomic E-state index is 8.96. The highest BCUT2D eigenvalue weighted by Gasteiger charge is 2.27. The average Bonchev–Trinajstić information content (AvgIpc) is 2.86. The highest BCUT2D eigenvalue weighted by Crippen LogP contribution is 2.18. The van der Waals surface area contributed by atoms with Gasteiger partial charge in [-0.3, -0.25) is 9.80 Å². The number of likely N-dealkylation sites (N-methyl/N-ethyl adjacent to an activating group) is 1. The molecule has 1 saturated heterocycles. The fourth-order valence-corrected chi connectivity index (χ4v) is 2.54. The number of rotatable bonds is 4. The first-order valence-electron chi connectivity index (χ1n) is 6.58. The third-order valence-corrected chi connectivity index (χ3v) is 3.87. The van der Waals surface area contributed by atoms with Crippen molar-refractivity contribution in [2.24, 2.45) is 0 Å². The first-order chi connectivity index (χ1) is 8.70. The molecule has 1 aliphatic rings. The van der Waals surface area contributed by atoms with Crippen LogP contribution in [0.25, 0.3) is 0 Å². The SMILES string of the molecule is CC(C#N)N(C)C1CCN(Cc2ccccc2)C1. The Balaban J connectivity index is 1.87. The van der Waals surface area contributed by atoms with Crippen LogP contribution in [-0.4, -0.2) is 42.0 Å². The standard InChI is InChI=1S/C15H21N3/c1-13(10-16)17(2)15-8-9-18(12-15)11-14-6-4-3-5-7-14/h3-7,13,15H,8-9,11-12H2,1-2H3. The van der Waals surface area contributed by atoms with E-state index >= 15 is 0 Å². The summed E-state index contributed by atoms with van der Waals surface area (Å²) in [4.78, 5) is 4.67. The molecule has 0 amide bonds. The molecular weight excluding hydrogens is 222 g/mol. The fourth-order valence-electron chi connectivity index (χ4n) is 2.54. The molecule has 2 atom stereocenters. The van der Waals surface area contributed by atoms with Crippen molar-refractivity contribution in [2.45, 2.75) is 32.0 Å². The minimum Gasteiger partial charge on any atom is -0.297 e.